The lowest BCUT2D eigenvalue weighted by Gasteiger charge is -2.53. The van der Waals surface area contributed by atoms with E-state index in [-0.39, 0.29) is 0 Å². The Morgan fingerprint density at radius 2 is 2.04 bits per heavy atom. The molecule has 4 aliphatic rings. The van der Waals surface area contributed by atoms with Gasteiger partial charge in [-0.25, -0.2) is 4.98 Å². The van der Waals surface area contributed by atoms with Crippen molar-refractivity contribution in [2.45, 2.75) is 43.8 Å². The number of hydrogen-bond acceptors (Lipinski definition) is 6. The van der Waals surface area contributed by atoms with Gasteiger partial charge in [-0.1, -0.05) is 6.07 Å². The van der Waals surface area contributed by atoms with E-state index in [1.165, 1.54) is 36.0 Å². The molecule has 132 valence electrons. The number of piperidine rings is 1. The standard InChI is InChI=1S/C20H22N6/c1-2-12(1)18-11-23-20(26-16-6-17(26)10-22-9-16)25-19(18)24-15-4-3-13-7-21-8-14(13)5-15/h3-5,8,11-12,16-17,22H,1-2,6-7,9-10H2,(H,23,24,25). The fourth-order valence-electron chi connectivity index (χ4n) is 4.42. The molecule has 2 saturated heterocycles. The van der Waals surface area contributed by atoms with Gasteiger partial charge in [0.25, 0.3) is 0 Å². The number of benzene rings is 1. The first kappa shape index (κ1) is 14.7. The molecule has 1 aromatic heterocycles. The molecule has 2 N–H and O–H groups in total. The van der Waals surface area contributed by atoms with Crippen LogP contribution in [0.5, 0.6) is 0 Å². The number of nitrogens with zero attached hydrogens (tertiary/aromatic N) is 4. The summed E-state index contributed by atoms with van der Waals surface area (Å²) in [5, 5.41) is 7.05. The van der Waals surface area contributed by atoms with Crippen LogP contribution < -0.4 is 15.5 Å². The minimum Gasteiger partial charge on any atom is -0.340 e. The van der Waals surface area contributed by atoms with Crippen LogP contribution in [0.4, 0.5) is 17.5 Å². The monoisotopic (exact) mass is 346 g/mol. The first-order valence-electron chi connectivity index (χ1n) is 9.61. The van der Waals surface area contributed by atoms with Gasteiger partial charge >= 0.3 is 0 Å². The van der Waals surface area contributed by atoms with Gasteiger partial charge in [0.05, 0.1) is 6.54 Å². The zero-order chi connectivity index (χ0) is 17.1. The van der Waals surface area contributed by atoms with Crippen molar-refractivity contribution in [2.24, 2.45) is 4.99 Å². The van der Waals surface area contributed by atoms with Gasteiger partial charge in [-0.3, -0.25) is 4.99 Å². The van der Waals surface area contributed by atoms with E-state index < -0.39 is 0 Å². The number of rotatable bonds is 4. The molecule has 3 aliphatic heterocycles. The van der Waals surface area contributed by atoms with E-state index in [1.54, 1.807) is 0 Å². The molecule has 0 radical (unpaired) electrons. The summed E-state index contributed by atoms with van der Waals surface area (Å²) in [6.07, 6.45) is 7.76. The third kappa shape index (κ3) is 2.32. The van der Waals surface area contributed by atoms with Crippen LogP contribution in [-0.2, 0) is 6.54 Å². The molecule has 1 aliphatic carbocycles. The Labute approximate surface area is 152 Å². The Hall–Kier alpha value is -2.47. The number of piperazine rings is 1. The Kier molecular flexibility index (Phi) is 3.11. The molecule has 0 spiro atoms. The molecule has 2 aromatic rings. The highest BCUT2D eigenvalue weighted by Gasteiger charge is 2.43. The lowest BCUT2D eigenvalue weighted by atomic mass is 9.89. The SMILES string of the molecule is C1=NCc2ccc(Nc3nc(N4C5CNCC4C5)ncc3C3CC3)cc21. The van der Waals surface area contributed by atoms with Crippen molar-refractivity contribution in [3.63, 3.8) is 0 Å². The third-order valence-corrected chi connectivity index (χ3v) is 6.04. The largest absolute Gasteiger partial charge is 0.340 e. The number of aromatic nitrogens is 2. The fourth-order valence-corrected chi connectivity index (χ4v) is 4.42. The number of hydrogen-bond donors (Lipinski definition) is 2. The highest BCUT2D eigenvalue weighted by molar-refractivity contribution is 5.86. The van der Waals surface area contributed by atoms with Gasteiger partial charge in [-0.05, 0) is 48.4 Å². The maximum absolute atomic E-state index is 4.97. The average molecular weight is 346 g/mol. The minimum atomic E-state index is 0.546. The maximum atomic E-state index is 4.97. The Morgan fingerprint density at radius 3 is 2.85 bits per heavy atom. The van der Waals surface area contributed by atoms with Gasteiger partial charge in [0.2, 0.25) is 5.95 Å². The van der Waals surface area contributed by atoms with Crippen molar-refractivity contribution >= 4 is 23.7 Å². The summed E-state index contributed by atoms with van der Waals surface area (Å²) in [4.78, 5) is 16.4. The van der Waals surface area contributed by atoms with Crippen molar-refractivity contribution < 1.29 is 0 Å². The fraction of sp³-hybridized carbons (Fsp3) is 0.450. The summed E-state index contributed by atoms with van der Waals surface area (Å²) >= 11 is 0. The smallest absolute Gasteiger partial charge is 0.227 e. The van der Waals surface area contributed by atoms with Crippen molar-refractivity contribution in [1.29, 1.82) is 0 Å². The molecule has 26 heavy (non-hydrogen) atoms. The summed E-state index contributed by atoms with van der Waals surface area (Å²) in [7, 11) is 0. The molecule has 0 amide bonds. The van der Waals surface area contributed by atoms with Gasteiger partial charge in [0.1, 0.15) is 5.82 Å². The molecular formula is C20H22N6. The van der Waals surface area contributed by atoms with Crippen molar-refractivity contribution in [3.8, 4) is 0 Å². The summed E-state index contributed by atoms with van der Waals surface area (Å²) < 4.78 is 0. The molecule has 6 nitrogen and oxygen atoms in total. The topological polar surface area (TPSA) is 65.4 Å². The molecular weight excluding hydrogens is 324 g/mol. The Morgan fingerprint density at radius 1 is 1.15 bits per heavy atom. The number of fused-ring (bicyclic) bond motifs is 3. The second-order valence-corrected chi connectivity index (χ2v) is 7.87. The Bertz CT molecular complexity index is 889. The molecule has 2 atom stereocenters. The number of aliphatic imine (C=N–C) groups is 1. The van der Waals surface area contributed by atoms with Crippen LogP contribution in [0.25, 0.3) is 0 Å². The summed E-state index contributed by atoms with van der Waals surface area (Å²) in [5.74, 6) is 2.47. The normalized spacial score (nSPS) is 25.8. The quantitative estimate of drug-likeness (QED) is 0.891. The van der Waals surface area contributed by atoms with Crippen LogP contribution in [0.1, 0.15) is 41.9 Å². The zero-order valence-corrected chi connectivity index (χ0v) is 14.7. The number of nitrogens with one attached hydrogen (secondary N) is 2. The molecule has 2 bridgehead atoms. The van der Waals surface area contributed by atoms with Crippen LogP contribution in [0.2, 0.25) is 0 Å². The lowest BCUT2D eigenvalue weighted by molar-refractivity contribution is 0.258. The predicted molar refractivity (Wildman–Crippen MR) is 103 cm³/mol. The third-order valence-electron chi connectivity index (χ3n) is 6.04. The first-order valence-corrected chi connectivity index (χ1v) is 9.61. The molecule has 4 heterocycles. The van der Waals surface area contributed by atoms with Crippen LogP contribution >= 0.6 is 0 Å². The molecule has 6 rings (SSSR count). The van der Waals surface area contributed by atoms with Crippen LogP contribution in [-0.4, -0.2) is 41.4 Å². The van der Waals surface area contributed by atoms with Crippen LogP contribution in [0, 0.1) is 0 Å². The van der Waals surface area contributed by atoms with Crippen molar-refractivity contribution in [2.75, 3.05) is 23.3 Å². The maximum Gasteiger partial charge on any atom is 0.227 e. The van der Waals surface area contributed by atoms with Crippen molar-refractivity contribution in [3.05, 3.63) is 41.1 Å². The van der Waals surface area contributed by atoms with Crippen molar-refractivity contribution in [1.82, 2.24) is 15.3 Å². The summed E-state index contributed by atoms with van der Waals surface area (Å²) in [6, 6.07) is 7.56. The second-order valence-electron chi connectivity index (χ2n) is 7.87. The van der Waals surface area contributed by atoms with E-state index in [0.29, 0.717) is 18.0 Å². The summed E-state index contributed by atoms with van der Waals surface area (Å²) in [5.41, 5.74) is 4.84. The van der Waals surface area contributed by atoms with Gasteiger partial charge in [0, 0.05) is 48.8 Å². The molecule has 1 saturated carbocycles. The molecule has 3 fully saturated rings. The lowest BCUT2D eigenvalue weighted by Crippen LogP contribution is -2.68. The van der Waals surface area contributed by atoms with E-state index >= 15 is 0 Å². The highest BCUT2D eigenvalue weighted by Crippen LogP contribution is 2.44. The minimum absolute atomic E-state index is 0.546. The number of anilines is 3. The second kappa shape index (κ2) is 5.51. The van der Waals surface area contributed by atoms with E-state index in [9.17, 15) is 0 Å². The summed E-state index contributed by atoms with van der Waals surface area (Å²) in [6.45, 7) is 2.88. The van der Waals surface area contributed by atoms with E-state index in [1.807, 2.05) is 6.21 Å². The van der Waals surface area contributed by atoms with E-state index in [0.717, 1.165) is 37.1 Å². The van der Waals surface area contributed by atoms with Gasteiger partial charge < -0.3 is 15.5 Å². The van der Waals surface area contributed by atoms with Crippen LogP contribution in [0.3, 0.4) is 0 Å². The van der Waals surface area contributed by atoms with Gasteiger partial charge in [-0.15, -0.1) is 0 Å². The molecule has 6 heteroatoms. The molecule has 1 aromatic carbocycles. The zero-order valence-electron chi connectivity index (χ0n) is 14.7. The van der Waals surface area contributed by atoms with Gasteiger partial charge in [0.15, 0.2) is 0 Å². The predicted octanol–water partition coefficient (Wildman–Crippen LogP) is 2.58. The van der Waals surface area contributed by atoms with E-state index in [4.69, 9.17) is 9.97 Å². The highest BCUT2D eigenvalue weighted by atomic mass is 15.4. The Balaban J connectivity index is 1.34. The molecule has 2 unspecified atom stereocenters. The van der Waals surface area contributed by atoms with E-state index in [2.05, 4.69) is 44.9 Å². The first-order chi connectivity index (χ1) is 12.8. The average Bonchev–Trinajstić information content (AvgIpc) is 3.39. The van der Waals surface area contributed by atoms with Crippen LogP contribution in [0.15, 0.2) is 29.4 Å². The van der Waals surface area contributed by atoms with Gasteiger partial charge in [-0.2, -0.15) is 4.98 Å².